The lowest BCUT2D eigenvalue weighted by molar-refractivity contribution is -0.121. The Morgan fingerprint density at radius 3 is 2.59 bits per heavy atom. The molecule has 12 heteroatoms. The highest BCUT2D eigenvalue weighted by molar-refractivity contribution is 8.00. The standard InChI is InChI=1S/C29H18Cl2N4O4S2/c1-2-34-20-10-6-4-8-18(20)29(26(34)38)22-23(36)17-13-16(30)11-12-21(17)39-24(22)25(37)35(29)27-32-33-28(41-27)40-14-15-7-3-5-9-19(15)31/h3-13H,2,14H2,1H3. The minimum atomic E-state index is -1.82. The zero-order chi connectivity index (χ0) is 28.5. The largest absolute Gasteiger partial charge is 0.450 e. The molecule has 5 aromatic rings. The SMILES string of the molecule is CCN1C(=O)C2(c3ccccc31)c1c(oc3ccc(Cl)cc3c1=O)C(=O)N2c1nnc(SCc2ccccc2Cl)s1. The lowest BCUT2D eigenvalue weighted by atomic mass is 9.84. The predicted octanol–water partition coefficient (Wildman–Crippen LogP) is 6.51. The van der Waals surface area contributed by atoms with Crippen LogP contribution < -0.4 is 15.2 Å². The number of likely N-dealkylation sites (N-methyl/N-ethyl adjacent to an activating group) is 1. The summed E-state index contributed by atoms with van der Waals surface area (Å²) in [7, 11) is 0. The molecule has 4 heterocycles. The molecule has 0 saturated heterocycles. The molecule has 8 nitrogen and oxygen atoms in total. The Kier molecular flexibility index (Phi) is 6.20. The van der Waals surface area contributed by atoms with E-state index in [1.165, 1.54) is 22.7 Å². The minimum absolute atomic E-state index is 0.0499. The van der Waals surface area contributed by atoms with Gasteiger partial charge in [-0.25, -0.2) is 0 Å². The molecule has 2 aliphatic heterocycles. The van der Waals surface area contributed by atoms with Crippen molar-refractivity contribution in [1.82, 2.24) is 10.2 Å². The Bertz CT molecular complexity index is 1980. The molecule has 1 atom stereocenters. The lowest BCUT2D eigenvalue weighted by Gasteiger charge is -2.31. The Balaban J connectivity index is 1.44. The van der Waals surface area contributed by atoms with Crippen LogP contribution in [0.2, 0.25) is 10.0 Å². The number of amides is 2. The number of hydrogen-bond donors (Lipinski definition) is 0. The molecule has 0 bridgehead atoms. The second-order valence-corrected chi connectivity index (χ2v) is 12.4. The molecule has 1 unspecified atom stereocenters. The number of hydrogen-bond acceptors (Lipinski definition) is 8. The van der Waals surface area contributed by atoms with E-state index in [0.29, 0.717) is 37.9 Å². The number of carbonyl (C=O) groups excluding carboxylic acids is 2. The van der Waals surface area contributed by atoms with Gasteiger partial charge in [-0.15, -0.1) is 10.2 Å². The van der Waals surface area contributed by atoms with Gasteiger partial charge in [0.15, 0.2) is 15.3 Å². The predicted molar refractivity (Wildman–Crippen MR) is 160 cm³/mol. The molecule has 0 saturated carbocycles. The van der Waals surface area contributed by atoms with Gasteiger partial charge in [-0.2, -0.15) is 0 Å². The number of carbonyl (C=O) groups is 2. The number of thioether (sulfide) groups is 1. The van der Waals surface area contributed by atoms with E-state index >= 15 is 0 Å². The van der Waals surface area contributed by atoms with Crippen molar-refractivity contribution >= 4 is 79.9 Å². The molecule has 3 aromatic carbocycles. The number of anilines is 2. The van der Waals surface area contributed by atoms with Crippen LogP contribution in [0.25, 0.3) is 11.0 Å². The second-order valence-electron chi connectivity index (χ2n) is 9.42. The van der Waals surface area contributed by atoms with Gasteiger partial charge in [0.05, 0.1) is 16.6 Å². The van der Waals surface area contributed by atoms with E-state index < -0.39 is 22.8 Å². The molecule has 0 N–H and O–H groups in total. The number of aromatic nitrogens is 2. The van der Waals surface area contributed by atoms with Crippen molar-refractivity contribution in [2.45, 2.75) is 22.6 Å². The van der Waals surface area contributed by atoms with Crippen molar-refractivity contribution in [2.24, 2.45) is 0 Å². The normalized spacial score (nSPS) is 17.6. The first-order valence-electron chi connectivity index (χ1n) is 12.6. The van der Waals surface area contributed by atoms with E-state index in [9.17, 15) is 14.4 Å². The van der Waals surface area contributed by atoms with Gasteiger partial charge in [0.2, 0.25) is 10.9 Å². The number of benzene rings is 3. The second kappa shape index (κ2) is 9.70. The summed E-state index contributed by atoms with van der Waals surface area (Å²) in [5.41, 5.74) is -0.148. The van der Waals surface area contributed by atoms with Crippen molar-refractivity contribution in [2.75, 3.05) is 16.3 Å². The maximum atomic E-state index is 14.5. The first kappa shape index (κ1) is 26.2. The van der Waals surface area contributed by atoms with E-state index in [-0.39, 0.29) is 27.4 Å². The Morgan fingerprint density at radius 2 is 1.78 bits per heavy atom. The van der Waals surface area contributed by atoms with Crippen molar-refractivity contribution in [3.63, 3.8) is 0 Å². The van der Waals surface area contributed by atoms with Crippen molar-refractivity contribution < 1.29 is 14.0 Å². The van der Waals surface area contributed by atoms with Gasteiger partial charge < -0.3 is 9.32 Å². The van der Waals surface area contributed by atoms with Crippen molar-refractivity contribution in [3.05, 3.63) is 109 Å². The molecule has 2 aliphatic rings. The van der Waals surface area contributed by atoms with E-state index in [0.717, 1.165) is 16.9 Å². The third kappa shape index (κ3) is 3.71. The molecule has 0 radical (unpaired) electrons. The molecule has 0 fully saturated rings. The molecule has 1 spiro atoms. The summed E-state index contributed by atoms with van der Waals surface area (Å²) < 4.78 is 6.63. The lowest BCUT2D eigenvalue weighted by Crippen LogP contribution is -2.53. The minimum Gasteiger partial charge on any atom is -0.450 e. The molecule has 204 valence electrons. The van der Waals surface area contributed by atoms with Crippen LogP contribution in [0.5, 0.6) is 0 Å². The Hall–Kier alpha value is -3.70. The van der Waals surface area contributed by atoms with Crippen LogP contribution in [-0.2, 0) is 16.1 Å². The first-order chi connectivity index (χ1) is 19.9. The third-order valence-electron chi connectivity index (χ3n) is 7.30. The number of rotatable bonds is 5. The fourth-order valence-corrected chi connectivity index (χ4v) is 7.91. The fraction of sp³-hybridized carbons (Fsp3) is 0.138. The number of fused-ring (bicyclic) bond motifs is 5. The van der Waals surface area contributed by atoms with E-state index in [4.69, 9.17) is 27.6 Å². The molecular weight excluding hydrogens is 603 g/mol. The first-order valence-corrected chi connectivity index (χ1v) is 15.1. The maximum absolute atomic E-state index is 14.5. The Labute approximate surface area is 251 Å². The number of nitrogens with zero attached hydrogens (tertiary/aromatic N) is 4. The summed E-state index contributed by atoms with van der Waals surface area (Å²) in [5.74, 6) is -0.756. The molecule has 7 rings (SSSR count). The molecule has 2 amide bonds. The highest BCUT2D eigenvalue weighted by Gasteiger charge is 2.66. The van der Waals surface area contributed by atoms with Crippen LogP contribution in [0.4, 0.5) is 10.8 Å². The average molecular weight is 622 g/mol. The third-order valence-corrected chi connectivity index (χ3v) is 9.99. The van der Waals surface area contributed by atoms with E-state index in [1.54, 1.807) is 35.2 Å². The summed E-state index contributed by atoms with van der Waals surface area (Å²) in [6, 6.07) is 19.3. The van der Waals surface area contributed by atoms with E-state index in [1.807, 2.05) is 37.3 Å². The molecule has 0 aliphatic carbocycles. The molecule has 2 aromatic heterocycles. The zero-order valence-electron chi connectivity index (χ0n) is 21.3. The van der Waals surface area contributed by atoms with Gasteiger partial charge in [0.25, 0.3) is 11.8 Å². The monoisotopic (exact) mass is 620 g/mol. The van der Waals surface area contributed by atoms with Crippen LogP contribution in [0.15, 0.2) is 80.3 Å². The zero-order valence-corrected chi connectivity index (χ0v) is 24.4. The van der Waals surface area contributed by atoms with Gasteiger partial charge in [-0.1, -0.05) is 82.7 Å². The summed E-state index contributed by atoms with van der Waals surface area (Å²) in [6.45, 7) is 2.17. The summed E-state index contributed by atoms with van der Waals surface area (Å²) in [5, 5.41) is 9.97. The summed E-state index contributed by atoms with van der Waals surface area (Å²) in [4.78, 5) is 45.7. The van der Waals surface area contributed by atoms with Crippen molar-refractivity contribution in [3.8, 4) is 0 Å². The van der Waals surface area contributed by atoms with Crippen LogP contribution >= 0.6 is 46.3 Å². The highest BCUT2D eigenvalue weighted by atomic mass is 35.5. The van der Waals surface area contributed by atoms with Gasteiger partial charge >= 0.3 is 0 Å². The molecule has 41 heavy (non-hydrogen) atoms. The van der Waals surface area contributed by atoms with Crippen LogP contribution in [0.1, 0.15) is 34.2 Å². The van der Waals surface area contributed by atoms with Gasteiger partial charge in [0.1, 0.15) is 5.58 Å². The maximum Gasteiger partial charge on any atom is 0.297 e. The molecular formula is C29H18Cl2N4O4S2. The van der Waals surface area contributed by atoms with Gasteiger partial charge in [-0.3, -0.25) is 19.3 Å². The highest BCUT2D eigenvalue weighted by Crippen LogP contribution is 2.54. The van der Waals surface area contributed by atoms with Crippen molar-refractivity contribution in [1.29, 1.82) is 0 Å². The average Bonchev–Trinajstić information content (AvgIpc) is 3.61. The fourth-order valence-electron chi connectivity index (χ4n) is 5.56. The van der Waals surface area contributed by atoms with Crippen LogP contribution in [0, 0.1) is 0 Å². The number of halogens is 2. The van der Waals surface area contributed by atoms with Crippen LogP contribution in [-0.4, -0.2) is 28.6 Å². The topological polar surface area (TPSA) is 96.6 Å². The quantitative estimate of drug-likeness (QED) is 0.163. The van der Waals surface area contributed by atoms with E-state index in [2.05, 4.69) is 10.2 Å². The van der Waals surface area contributed by atoms with Gasteiger partial charge in [-0.05, 0) is 42.8 Å². The van der Waals surface area contributed by atoms with Crippen LogP contribution in [0.3, 0.4) is 0 Å². The summed E-state index contributed by atoms with van der Waals surface area (Å²) >= 11 is 15.1. The number of para-hydroxylation sites is 1. The summed E-state index contributed by atoms with van der Waals surface area (Å²) in [6.07, 6.45) is 0. The van der Waals surface area contributed by atoms with Gasteiger partial charge in [0, 0.05) is 27.9 Å². The Morgan fingerprint density at radius 1 is 1.00 bits per heavy atom. The smallest absolute Gasteiger partial charge is 0.297 e.